The molecule has 124 valence electrons. The molecule has 22 heavy (non-hydrogen) atoms. The Morgan fingerprint density at radius 1 is 1.27 bits per heavy atom. The first-order valence-corrected chi connectivity index (χ1v) is 7.02. The number of benzene rings is 1. The smallest absolute Gasteiger partial charge is 0.342 e. The van der Waals surface area contributed by atoms with Gasteiger partial charge in [-0.05, 0) is 31.5 Å². The Bertz CT molecular complexity index is 500. The third-order valence-corrected chi connectivity index (χ3v) is 3.92. The highest BCUT2D eigenvalue weighted by Gasteiger charge is 2.33. The molecule has 1 heterocycles. The highest BCUT2D eigenvalue weighted by molar-refractivity contribution is 5.85. The monoisotopic (exact) mass is 336 g/mol. The lowest BCUT2D eigenvalue weighted by molar-refractivity contribution is -0.138. The van der Waals surface area contributed by atoms with E-state index in [0.29, 0.717) is 19.1 Å². The highest BCUT2D eigenvalue weighted by Crippen LogP contribution is 2.32. The van der Waals surface area contributed by atoms with Crippen LogP contribution in [0.2, 0.25) is 0 Å². The van der Waals surface area contributed by atoms with Gasteiger partial charge in [0.05, 0.1) is 12.0 Å². The molecule has 0 unspecified atom stereocenters. The van der Waals surface area contributed by atoms with Crippen LogP contribution in [0.5, 0.6) is 0 Å². The zero-order valence-electron chi connectivity index (χ0n) is 12.3. The van der Waals surface area contributed by atoms with E-state index in [4.69, 9.17) is 0 Å². The first-order chi connectivity index (χ1) is 9.91. The largest absolute Gasteiger partial charge is 0.416 e. The fraction of sp³-hybridized carbons (Fsp3) is 0.533. The first kappa shape index (κ1) is 18.8. The lowest BCUT2D eigenvalue weighted by atomic mass is 10.0. The van der Waals surface area contributed by atoms with Gasteiger partial charge in [-0.2, -0.15) is 13.2 Å². The third kappa shape index (κ3) is 4.61. The Morgan fingerprint density at radius 2 is 1.86 bits per heavy atom. The minimum absolute atomic E-state index is 0. The summed E-state index contributed by atoms with van der Waals surface area (Å²) in [7, 11) is 1.88. The van der Waals surface area contributed by atoms with Crippen LogP contribution in [0, 0.1) is 0 Å². The summed E-state index contributed by atoms with van der Waals surface area (Å²) in [5.74, 6) is -0.235. The minimum Gasteiger partial charge on any atom is -0.342 e. The van der Waals surface area contributed by atoms with Gasteiger partial charge in [0.15, 0.2) is 0 Å². The summed E-state index contributed by atoms with van der Waals surface area (Å²) in [5, 5.41) is 3.16. The van der Waals surface area contributed by atoms with Gasteiger partial charge in [0.2, 0.25) is 5.91 Å². The van der Waals surface area contributed by atoms with Gasteiger partial charge < -0.3 is 10.2 Å². The van der Waals surface area contributed by atoms with Crippen molar-refractivity contribution < 1.29 is 18.0 Å². The second-order valence-electron chi connectivity index (χ2n) is 5.28. The van der Waals surface area contributed by atoms with Crippen LogP contribution in [0.1, 0.15) is 24.0 Å². The van der Waals surface area contributed by atoms with Crippen LogP contribution < -0.4 is 5.32 Å². The average molecular weight is 337 g/mol. The Labute approximate surface area is 134 Å². The van der Waals surface area contributed by atoms with Gasteiger partial charge in [0.25, 0.3) is 0 Å². The lowest BCUT2D eigenvalue weighted by Crippen LogP contribution is -2.44. The number of carbonyl (C=O) groups is 1. The van der Waals surface area contributed by atoms with Crippen LogP contribution in [0.4, 0.5) is 13.2 Å². The second-order valence-corrected chi connectivity index (χ2v) is 5.28. The highest BCUT2D eigenvalue weighted by atomic mass is 35.5. The molecule has 1 aliphatic rings. The fourth-order valence-electron chi connectivity index (χ4n) is 2.64. The van der Waals surface area contributed by atoms with E-state index in [9.17, 15) is 18.0 Å². The van der Waals surface area contributed by atoms with Crippen LogP contribution in [0.15, 0.2) is 24.3 Å². The molecule has 1 saturated heterocycles. The molecular formula is C15H20ClF3N2O. The molecule has 1 aliphatic heterocycles. The number of likely N-dealkylation sites (tertiary alicyclic amines) is 1. The SMILES string of the molecule is CNC1CCN(C(=O)Cc2ccccc2C(F)(F)F)CC1.Cl. The van der Waals surface area contributed by atoms with Crippen molar-refractivity contribution in [2.75, 3.05) is 20.1 Å². The Kier molecular flexibility index (Phi) is 6.68. The van der Waals surface area contributed by atoms with E-state index in [1.165, 1.54) is 18.2 Å². The molecule has 0 aromatic heterocycles. The normalized spacial score (nSPS) is 16.3. The molecule has 1 N–H and O–H groups in total. The molecule has 7 heteroatoms. The minimum atomic E-state index is -4.42. The van der Waals surface area contributed by atoms with Crippen molar-refractivity contribution in [1.82, 2.24) is 10.2 Å². The molecule has 3 nitrogen and oxygen atoms in total. The topological polar surface area (TPSA) is 32.3 Å². The standard InChI is InChI=1S/C15H19F3N2O.ClH/c1-19-12-6-8-20(9-7-12)14(21)10-11-4-2-3-5-13(11)15(16,17)18;/h2-5,12,19H,6-10H2,1H3;1H. The molecule has 0 aliphatic carbocycles. The zero-order valence-corrected chi connectivity index (χ0v) is 13.1. The van der Waals surface area contributed by atoms with E-state index < -0.39 is 11.7 Å². The molecule has 1 amide bonds. The predicted octanol–water partition coefficient (Wildman–Crippen LogP) is 2.88. The zero-order chi connectivity index (χ0) is 15.5. The number of rotatable bonds is 3. The summed E-state index contributed by atoms with van der Waals surface area (Å²) < 4.78 is 38.7. The maximum absolute atomic E-state index is 12.9. The van der Waals surface area contributed by atoms with Gasteiger partial charge in [0, 0.05) is 19.1 Å². The number of nitrogens with one attached hydrogen (secondary N) is 1. The van der Waals surface area contributed by atoms with Crippen molar-refractivity contribution in [2.45, 2.75) is 31.5 Å². The predicted molar refractivity (Wildman–Crippen MR) is 81.1 cm³/mol. The second kappa shape index (κ2) is 7.83. The maximum Gasteiger partial charge on any atom is 0.416 e. The Balaban J connectivity index is 0.00000242. The number of carbonyl (C=O) groups excluding carboxylic acids is 1. The van der Waals surface area contributed by atoms with E-state index in [2.05, 4.69) is 5.32 Å². The summed E-state index contributed by atoms with van der Waals surface area (Å²) in [4.78, 5) is 13.8. The van der Waals surface area contributed by atoms with Crippen molar-refractivity contribution >= 4 is 18.3 Å². The van der Waals surface area contributed by atoms with Crippen LogP contribution in [-0.4, -0.2) is 37.0 Å². The summed E-state index contributed by atoms with van der Waals surface area (Å²) in [5.41, 5.74) is -0.672. The third-order valence-electron chi connectivity index (χ3n) is 3.92. The number of hydrogen-bond donors (Lipinski definition) is 1. The van der Waals surface area contributed by atoms with E-state index in [1.54, 1.807) is 4.90 Å². The molecule has 0 radical (unpaired) electrons. The average Bonchev–Trinajstić information content (AvgIpc) is 2.47. The van der Waals surface area contributed by atoms with Gasteiger partial charge in [-0.25, -0.2) is 0 Å². The Hall–Kier alpha value is -1.27. The van der Waals surface area contributed by atoms with Crippen molar-refractivity contribution in [3.05, 3.63) is 35.4 Å². The number of amides is 1. The van der Waals surface area contributed by atoms with E-state index in [-0.39, 0.29) is 30.3 Å². The summed E-state index contributed by atoms with van der Waals surface area (Å²) in [6.07, 6.45) is -2.94. The van der Waals surface area contributed by atoms with Crippen molar-refractivity contribution in [2.24, 2.45) is 0 Å². The van der Waals surface area contributed by atoms with Gasteiger partial charge in [-0.15, -0.1) is 12.4 Å². The molecule has 1 fully saturated rings. The van der Waals surface area contributed by atoms with Crippen molar-refractivity contribution in [3.8, 4) is 0 Å². The van der Waals surface area contributed by atoms with Gasteiger partial charge in [0.1, 0.15) is 0 Å². The lowest BCUT2D eigenvalue weighted by Gasteiger charge is -2.32. The van der Waals surface area contributed by atoms with Crippen LogP contribution in [0.25, 0.3) is 0 Å². The Morgan fingerprint density at radius 3 is 2.41 bits per heavy atom. The fourth-order valence-corrected chi connectivity index (χ4v) is 2.64. The summed E-state index contributed by atoms with van der Waals surface area (Å²) in [6.45, 7) is 1.19. The molecule has 0 atom stereocenters. The van der Waals surface area contributed by atoms with E-state index >= 15 is 0 Å². The number of hydrogen-bond acceptors (Lipinski definition) is 2. The van der Waals surface area contributed by atoms with Crippen molar-refractivity contribution in [3.63, 3.8) is 0 Å². The molecule has 2 rings (SSSR count). The van der Waals surface area contributed by atoms with Crippen molar-refractivity contribution in [1.29, 1.82) is 0 Å². The molecule has 0 bridgehead atoms. The summed E-state index contributed by atoms with van der Waals surface area (Å²) in [6, 6.07) is 5.66. The van der Waals surface area contributed by atoms with Gasteiger partial charge in [-0.3, -0.25) is 4.79 Å². The molecule has 1 aromatic carbocycles. The molecule has 0 saturated carbocycles. The van der Waals surface area contributed by atoms with Crippen LogP contribution in [-0.2, 0) is 17.4 Å². The number of nitrogens with zero attached hydrogens (tertiary/aromatic N) is 1. The van der Waals surface area contributed by atoms with Gasteiger partial charge >= 0.3 is 6.18 Å². The number of alkyl halides is 3. The maximum atomic E-state index is 12.9. The molecular weight excluding hydrogens is 317 g/mol. The summed E-state index contributed by atoms with van der Waals surface area (Å²) >= 11 is 0. The molecule has 0 spiro atoms. The van der Waals surface area contributed by atoms with Crippen LogP contribution in [0.3, 0.4) is 0 Å². The number of piperidine rings is 1. The van der Waals surface area contributed by atoms with Crippen LogP contribution >= 0.6 is 12.4 Å². The molecule has 1 aromatic rings. The van der Waals surface area contributed by atoms with Gasteiger partial charge in [-0.1, -0.05) is 18.2 Å². The van der Waals surface area contributed by atoms with E-state index in [1.807, 2.05) is 7.05 Å². The first-order valence-electron chi connectivity index (χ1n) is 7.02. The quantitative estimate of drug-likeness (QED) is 0.920. The number of halogens is 4. The van der Waals surface area contributed by atoms with E-state index in [0.717, 1.165) is 18.9 Å².